The maximum Gasteiger partial charge on any atom is 0.200 e. The second-order valence-corrected chi connectivity index (χ2v) is 15.4. The topological polar surface area (TPSA) is 9.23 Å². The summed E-state index contributed by atoms with van der Waals surface area (Å²) in [4.78, 5) is 0. The van der Waals surface area contributed by atoms with Crippen LogP contribution in [0.5, 0.6) is 0 Å². The Morgan fingerprint density at radius 2 is 0.846 bits per heavy atom. The number of rotatable bonds is 18. The van der Waals surface area contributed by atoms with E-state index in [1.54, 1.807) is 0 Å². The molecule has 0 heterocycles. The van der Waals surface area contributed by atoms with Crippen LogP contribution in [0.1, 0.15) is 119 Å². The molecule has 0 aromatic rings. The Kier molecular flexibility index (Phi) is 17.0. The van der Waals surface area contributed by atoms with Crippen LogP contribution in [0.4, 0.5) is 0 Å². The average molecular weight is 450 g/mol. The lowest BCUT2D eigenvalue weighted by molar-refractivity contribution is 0.267. The zero-order valence-corrected chi connectivity index (χ0v) is 21.5. The van der Waals surface area contributed by atoms with Gasteiger partial charge in [-0.15, -0.1) is 0 Å². The molecule has 0 unspecified atom stereocenters. The van der Waals surface area contributed by atoms with Crippen LogP contribution in [0.3, 0.4) is 0 Å². The third-order valence-corrected chi connectivity index (χ3v) is 12.8. The zero-order valence-electron chi connectivity index (χ0n) is 18.9. The fourth-order valence-corrected chi connectivity index (χ4v) is 10.6. The Bertz CT molecular complexity index is 283. The predicted octanol–water partition coefficient (Wildman–Crippen LogP) is 9.25. The van der Waals surface area contributed by atoms with Gasteiger partial charge >= 0.3 is 0 Å². The van der Waals surface area contributed by atoms with E-state index in [1.807, 2.05) is 0 Å². The van der Waals surface area contributed by atoms with Crippen molar-refractivity contribution in [1.29, 1.82) is 0 Å². The van der Waals surface area contributed by atoms with Crippen LogP contribution in [0.15, 0.2) is 0 Å². The molecule has 158 valence electrons. The van der Waals surface area contributed by atoms with Crippen molar-refractivity contribution in [3.8, 4) is 0 Å². The van der Waals surface area contributed by atoms with Gasteiger partial charge in [0.1, 0.15) is 0 Å². The first-order valence-corrected chi connectivity index (χ1v) is 14.9. The standard InChI is InChI=1S/C23H49BrOSi/c1-21(2)26(22(3)4,23(5)6)25-20-18-16-14-12-10-8-7-9-11-13-15-17-19-24/h21-23H,7-20H2,1-6H3. The Hall–Kier alpha value is 0.657. The van der Waals surface area contributed by atoms with Crippen molar-refractivity contribution in [3.05, 3.63) is 0 Å². The summed E-state index contributed by atoms with van der Waals surface area (Å²) < 4.78 is 6.65. The summed E-state index contributed by atoms with van der Waals surface area (Å²) in [6.07, 6.45) is 16.8. The second-order valence-electron chi connectivity index (χ2n) is 9.10. The van der Waals surface area contributed by atoms with Crippen molar-refractivity contribution < 1.29 is 4.43 Å². The second kappa shape index (κ2) is 16.6. The quantitative estimate of drug-likeness (QED) is 0.115. The molecular weight excluding hydrogens is 400 g/mol. The molecule has 0 radical (unpaired) electrons. The minimum absolute atomic E-state index is 0.710. The summed E-state index contributed by atoms with van der Waals surface area (Å²) in [6.45, 7) is 15.3. The first kappa shape index (κ1) is 26.7. The van der Waals surface area contributed by atoms with Gasteiger partial charge < -0.3 is 4.43 Å². The van der Waals surface area contributed by atoms with Crippen LogP contribution in [0.25, 0.3) is 0 Å². The van der Waals surface area contributed by atoms with Crippen molar-refractivity contribution >= 4 is 24.2 Å². The van der Waals surface area contributed by atoms with E-state index >= 15 is 0 Å². The summed E-state index contributed by atoms with van der Waals surface area (Å²) >= 11 is 3.51. The van der Waals surface area contributed by atoms with E-state index in [9.17, 15) is 0 Å². The highest BCUT2D eigenvalue weighted by Gasteiger charge is 2.44. The molecule has 1 nitrogen and oxygen atoms in total. The van der Waals surface area contributed by atoms with Gasteiger partial charge in [-0.25, -0.2) is 0 Å². The Labute approximate surface area is 175 Å². The summed E-state index contributed by atoms with van der Waals surface area (Å²) in [5.74, 6) is 0. The lowest BCUT2D eigenvalue weighted by Crippen LogP contribution is -2.47. The molecule has 3 heteroatoms. The lowest BCUT2D eigenvalue weighted by Gasteiger charge is -2.42. The van der Waals surface area contributed by atoms with Gasteiger partial charge in [0.2, 0.25) is 0 Å². The largest absolute Gasteiger partial charge is 0.416 e. The number of alkyl halides is 1. The van der Waals surface area contributed by atoms with E-state index in [4.69, 9.17) is 4.43 Å². The highest BCUT2D eigenvalue weighted by atomic mass is 79.9. The third-order valence-electron chi connectivity index (χ3n) is 6.09. The molecule has 0 spiro atoms. The normalized spacial score (nSPS) is 12.7. The molecule has 0 fully saturated rings. The molecule has 0 aromatic carbocycles. The summed E-state index contributed by atoms with van der Waals surface area (Å²) in [5, 5.41) is 1.17. The van der Waals surface area contributed by atoms with Crippen LogP contribution < -0.4 is 0 Å². The van der Waals surface area contributed by atoms with E-state index < -0.39 is 8.32 Å². The van der Waals surface area contributed by atoms with E-state index in [0.717, 1.165) is 6.61 Å². The molecule has 0 amide bonds. The van der Waals surface area contributed by atoms with E-state index in [0.29, 0.717) is 16.6 Å². The Morgan fingerprint density at radius 1 is 0.538 bits per heavy atom. The van der Waals surface area contributed by atoms with Gasteiger partial charge in [-0.2, -0.15) is 0 Å². The summed E-state index contributed by atoms with van der Waals surface area (Å²) in [7, 11) is -1.63. The van der Waals surface area contributed by atoms with Gasteiger partial charge in [0, 0.05) is 11.9 Å². The van der Waals surface area contributed by atoms with Gasteiger partial charge in [-0.05, 0) is 29.5 Å². The molecule has 0 saturated heterocycles. The molecule has 0 aliphatic heterocycles. The maximum atomic E-state index is 6.65. The fourth-order valence-electron chi connectivity index (χ4n) is 4.71. The van der Waals surface area contributed by atoms with Crippen molar-refractivity contribution in [3.63, 3.8) is 0 Å². The molecule has 0 N–H and O–H groups in total. The van der Waals surface area contributed by atoms with Gasteiger partial charge in [0.25, 0.3) is 0 Å². The SMILES string of the molecule is CC(C)[Si](OCCCCCCCCCCCCCCBr)(C(C)C)C(C)C. The molecule has 26 heavy (non-hydrogen) atoms. The van der Waals surface area contributed by atoms with E-state index in [1.165, 1.54) is 82.4 Å². The molecular formula is C23H49BrOSi. The van der Waals surface area contributed by atoms with Crippen molar-refractivity contribution in [1.82, 2.24) is 0 Å². The van der Waals surface area contributed by atoms with Gasteiger partial charge in [-0.1, -0.05) is 122 Å². The van der Waals surface area contributed by atoms with E-state index in [2.05, 4.69) is 57.5 Å². The Morgan fingerprint density at radius 3 is 1.15 bits per heavy atom. The molecule has 0 bridgehead atoms. The molecule has 0 aliphatic rings. The first-order valence-electron chi connectivity index (χ1n) is 11.6. The smallest absolute Gasteiger partial charge is 0.200 e. The summed E-state index contributed by atoms with van der Waals surface area (Å²) in [5.41, 5.74) is 2.13. The maximum absolute atomic E-state index is 6.65. The van der Waals surface area contributed by atoms with Crippen molar-refractivity contribution in [2.24, 2.45) is 0 Å². The van der Waals surface area contributed by atoms with Crippen LogP contribution in [-0.2, 0) is 4.43 Å². The molecule has 0 aliphatic carbocycles. The van der Waals surface area contributed by atoms with Crippen LogP contribution >= 0.6 is 15.9 Å². The molecule has 0 aromatic heterocycles. The predicted molar refractivity (Wildman–Crippen MR) is 126 cm³/mol. The monoisotopic (exact) mass is 448 g/mol. The molecule has 0 atom stereocenters. The van der Waals surface area contributed by atoms with E-state index in [-0.39, 0.29) is 0 Å². The van der Waals surface area contributed by atoms with Crippen LogP contribution in [0, 0.1) is 0 Å². The lowest BCUT2D eigenvalue weighted by atomic mass is 10.1. The highest BCUT2D eigenvalue weighted by Crippen LogP contribution is 2.42. The zero-order chi connectivity index (χ0) is 19.8. The third kappa shape index (κ3) is 10.9. The van der Waals surface area contributed by atoms with Crippen LogP contribution in [-0.4, -0.2) is 20.3 Å². The van der Waals surface area contributed by atoms with Gasteiger partial charge in [-0.3, -0.25) is 0 Å². The summed E-state index contributed by atoms with van der Waals surface area (Å²) in [6, 6.07) is 0. The molecule has 0 rings (SSSR count). The molecule has 0 saturated carbocycles. The number of halogens is 1. The van der Waals surface area contributed by atoms with Crippen LogP contribution in [0.2, 0.25) is 16.6 Å². The van der Waals surface area contributed by atoms with Crippen molar-refractivity contribution in [2.75, 3.05) is 11.9 Å². The highest BCUT2D eigenvalue weighted by molar-refractivity contribution is 9.09. The Balaban J connectivity index is 3.63. The number of hydrogen-bond donors (Lipinski definition) is 0. The number of unbranched alkanes of at least 4 members (excludes halogenated alkanes) is 11. The first-order chi connectivity index (χ1) is 12.4. The minimum Gasteiger partial charge on any atom is -0.416 e. The number of hydrogen-bond acceptors (Lipinski definition) is 1. The van der Waals surface area contributed by atoms with Crippen molar-refractivity contribution in [2.45, 2.75) is 135 Å². The van der Waals surface area contributed by atoms with Gasteiger partial charge in [0.15, 0.2) is 8.32 Å². The average Bonchev–Trinajstić information content (AvgIpc) is 2.57. The van der Waals surface area contributed by atoms with Gasteiger partial charge in [0.05, 0.1) is 0 Å². The fraction of sp³-hybridized carbons (Fsp3) is 1.00. The minimum atomic E-state index is -1.63.